The number of benzene rings is 1. The van der Waals surface area contributed by atoms with Crippen molar-refractivity contribution >= 4 is 21.5 Å². The summed E-state index contributed by atoms with van der Waals surface area (Å²) in [5.74, 6) is -1.26. The third-order valence-corrected chi connectivity index (χ3v) is 3.90. The van der Waals surface area contributed by atoms with Crippen LogP contribution in [-0.4, -0.2) is 19.5 Å². The number of rotatable bonds is 4. The smallest absolute Gasteiger partial charge is 0.235 e. The number of anilines is 1. The van der Waals surface area contributed by atoms with Gasteiger partial charge < -0.3 is 5.73 Å². The van der Waals surface area contributed by atoms with Crippen LogP contribution in [0.3, 0.4) is 0 Å². The first-order valence-corrected chi connectivity index (χ1v) is 6.45. The highest BCUT2D eigenvalue weighted by molar-refractivity contribution is 7.93. The summed E-state index contributed by atoms with van der Waals surface area (Å²) in [6.45, 7) is 2.99. The number of hydrogen-bond donors (Lipinski definition) is 3. The molecule has 0 aromatic heterocycles. The van der Waals surface area contributed by atoms with Gasteiger partial charge in [-0.25, -0.2) is 12.8 Å². The third-order valence-electron chi connectivity index (χ3n) is 2.16. The van der Waals surface area contributed by atoms with E-state index in [1.807, 2.05) is 0 Å². The molecule has 94 valence electrons. The summed E-state index contributed by atoms with van der Waals surface area (Å²) in [5, 5.41) is 6.57. The largest absolute Gasteiger partial charge is 0.384 e. The molecule has 0 aliphatic heterocycles. The number of halogens is 1. The summed E-state index contributed by atoms with van der Waals surface area (Å²) >= 11 is 0. The molecule has 0 radical (unpaired) electrons. The molecular weight excluding hydrogens is 245 g/mol. The highest BCUT2D eigenvalue weighted by Gasteiger charge is 2.19. The summed E-state index contributed by atoms with van der Waals surface area (Å²) < 4.78 is 38.9. The van der Waals surface area contributed by atoms with Gasteiger partial charge in [0, 0.05) is 0 Å². The SMILES string of the molecule is CC(C)S(=O)(=O)Nc1cccc(F)c1C(=N)N. The Balaban J connectivity index is 3.25. The summed E-state index contributed by atoms with van der Waals surface area (Å²) in [5.41, 5.74) is 4.96. The number of sulfonamides is 1. The van der Waals surface area contributed by atoms with Crippen molar-refractivity contribution in [1.29, 1.82) is 5.41 Å². The summed E-state index contributed by atoms with van der Waals surface area (Å²) in [6, 6.07) is 3.82. The predicted octanol–water partition coefficient (Wildman–Crippen LogP) is 1.26. The lowest BCUT2D eigenvalue weighted by molar-refractivity contribution is 0.592. The zero-order valence-electron chi connectivity index (χ0n) is 9.49. The minimum Gasteiger partial charge on any atom is -0.384 e. The molecule has 1 rings (SSSR count). The Morgan fingerprint density at radius 2 is 2.06 bits per heavy atom. The zero-order chi connectivity index (χ0) is 13.2. The Morgan fingerprint density at radius 1 is 1.47 bits per heavy atom. The van der Waals surface area contributed by atoms with Crippen LogP contribution in [-0.2, 0) is 10.0 Å². The van der Waals surface area contributed by atoms with Crippen molar-refractivity contribution < 1.29 is 12.8 Å². The number of nitrogens with two attached hydrogens (primary N) is 1. The van der Waals surface area contributed by atoms with Gasteiger partial charge in [-0.05, 0) is 26.0 Å². The van der Waals surface area contributed by atoms with Gasteiger partial charge >= 0.3 is 0 Å². The van der Waals surface area contributed by atoms with E-state index in [9.17, 15) is 12.8 Å². The molecule has 0 saturated heterocycles. The first-order chi connectivity index (χ1) is 7.75. The average Bonchev–Trinajstić information content (AvgIpc) is 2.15. The van der Waals surface area contributed by atoms with Crippen molar-refractivity contribution in [3.8, 4) is 0 Å². The van der Waals surface area contributed by atoms with Crippen molar-refractivity contribution in [1.82, 2.24) is 0 Å². The number of nitrogen functional groups attached to an aromatic ring is 1. The molecule has 0 bridgehead atoms. The molecule has 4 N–H and O–H groups in total. The van der Waals surface area contributed by atoms with Crippen LogP contribution in [0, 0.1) is 11.2 Å². The Bertz CT molecular complexity index is 540. The molecule has 0 unspecified atom stereocenters. The number of nitrogens with one attached hydrogen (secondary N) is 2. The van der Waals surface area contributed by atoms with Gasteiger partial charge in [0.1, 0.15) is 11.7 Å². The molecule has 0 aliphatic carbocycles. The maximum Gasteiger partial charge on any atom is 0.235 e. The lowest BCUT2D eigenvalue weighted by Crippen LogP contribution is -2.25. The van der Waals surface area contributed by atoms with Gasteiger partial charge in [0.25, 0.3) is 0 Å². The molecule has 5 nitrogen and oxygen atoms in total. The molecule has 7 heteroatoms. The van der Waals surface area contributed by atoms with Crippen LogP contribution < -0.4 is 10.5 Å². The average molecular weight is 259 g/mol. The molecule has 0 atom stereocenters. The fraction of sp³-hybridized carbons (Fsp3) is 0.300. The van der Waals surface area contributed by atoms with Crippen LogP contribution in [0.4, 0.5) is 10.1 Å². The van der Waals surface area contributed by atoms with E-state index in [0.29, 0.717) is 0 Å². The lowest BCUT2D eigenvalue weighted by atomic mass is 10.1. The Morgan fingerprint density at radius 3 is 2.53 bits per heavy atom. The third kappa shape index (κ3) is 2.94. The van der Waals surface area contributed by atoms with E-state index in [-0.39, 0.29) is 11.3 Å². The minimum atomic E-state index is -3.59. The predicted molar refractivity (Wildman–Crippen MR) is 65.1 cm³/mol. The molecule has 0 fully saturated rings. The van der Waals surface area contributed by atoms with Crippen molar-refractivity contribution in [3.63, 3.8) is 0 Å². The lowest BCUT2D eigenvalue weighted by Gasteiger charge is -2.14. The Labute approximate surface area is 99.4 Å². The monoisotopic (exact) mass is 259 g/mol. The van der Waals surface area contributed by atoms with Crippen molar-refractivity contribution in [3.05, 3.63) is 29.6 Å². The second-order valence-electron chi connectivity index (χ2n) is 3.77. The Kier molecular flexibility index (Phi) is 3.72. The second kappa shape index (κ2) is 4.70. The van der Waals surface area contributed by atoms with Crippen LogP contribution in [0.25, 0.3) is 0 Å². The van der Waals surface area contributed by atoms with Gasteiger partial charge in [-0.3, -0.25) is 10.1 Å². The standard InChI is InChI=1S/C10H14FN3O2S/c1-6(2)17(15,16)14-8-5-3-4-7(11)9(8)10(12)13/h3-6,14H,1-2H3,(H3,12,13). The molecule has 0 amide bonds. The number of amidine groups is 1. The second-order valence-corrected chi connectivity index (χ2v) is 6.01. The van der Waals surface area contributed by atoms with Gasteiger partial charge in [0.15, 0.2) is 0 Å². The van der Waals surface area contributed by atoms with E-state index in [2.05, 4.69) is 4.72 Å². The summed E-state index contributed by atoms with van der Waals surface area (Å²) in [6.07, 6.45) is 0. The summed E-state index contributed by atoms with van der Waals surface area (Å²) in [7, 11) is -3.59. The molecule has 0 spiro atoms. The molecule has 1 aromatic rings. The Hall–Kier alpha value is -1.63. The molecular formula is C10H14FN3O2S. The first kappa shape index (κ1) is 13.4. The first-order valence-electron chi connectivity index (χ1n) is 4.90. The maximum atomic E-state index is 13.4. The van der Waals surface area contributed by atoms with Gasteiger partial charge in [0.05, 0.1) is 16.5 Å². The molecule has 0 saturated carbocycles. The van der Waals surface area contributed by atoms with Crippen LogP contribution in [0.5, 0.6) is 0 Å². The molecule has 17 heavy (non-hydrogen) atoms. The molecule has 1 aromatic carbocycles. The van der Waals surface area contributed by atoms with E-state index in [1.165, 1.54) is 26.0 Å². The van der Waals surface area contributed by atoms with Gasteiger partial charge in [0.2, 0.25) is 10.0 Å². The maximum absolute atomic E-state index is 13.4. The van der Waals surface area contributed by atoms with Gasteiger partial charge in [-0.15, -0.1) is 0 Å². The van der Waals surface area contributed by atoms with E-state index in [0.717, 1.165) is 6.07 Å². The van der Waals surface area contributed by atoms with E-state index >= 15 is 0 Å². The molecule has 0 aliphatic rings. The quantitative estimate of drug-likeness (QED) is 0.561. The van der Waals surface area contributed by atoms with Crippen molar-refractivity contribution in [2.24, 2.45) is 5.73 Å². The van der Waals surface area contributed by atoms with E-state index in [1.54, 1.807) is 0 Å². The van der Waals surface area contributed by atoms with Crippen LogP contribution in [0.15, 0.2) is 18.2 Å². The minimum absolute atomic E-state index is 0.0220. The normalized spacial score (nSPS) is 11.5. The fourth-order valence-corrected chi connectivity index (χ4v) is 1.87. The van der Waals surface area contributed by atoms with Crippen LogP contribution >= 0.6 is 0 Å². The fourth-order valence-electron chi connectivity index (χ4n) is 1.15. The van der Waals surface area contributed by atoms with E-state index in [4.69, 9.17) is 11.1 Å². The van der Waals surface area contributed by atoms with Gasteiger partial charge in [-0.2, -0.15) is 0 Å². The van der Waals surface area contributed by atoms with Crippen molar-refractivity contribution in [2.45, 2.75) is 19.1 Å². The topological polar surface area (TPSA) is 96.0 Å². The van der Waals surface area contributed by atoms with E-state index < -0.39 is 26.9 Å². The highest BCUT2D eigenvalue weighted by Crippen LogP contribution is 2.20. The number of hydrogen-bond acceptors (Lipinski definition) is 3. The molecule has 0 heterocycles. The van der Waals surface area contributed by atoms with Crippen molar-refractivity contribution in [2.75, 3.05) is 4.72 Å². The van der Waals surface area contributed by atoms with Crippen LogP contribution in [0.1, 0.15) is 19.4 Å². The summed E-state index contributed by atoms with van der Waals surface area (Å²) in [4.78, 5) is 0. The van der Waals surface area contributed by atoms with Crippen LogP contribution in [0.2, 0.25) is 0 Å². The highest BCUT2D eigenvalue weighted by atomic mass is 32.2. The van der Waals surface area contributed by atoms with Gasteiger partial charge in [-0.1, -0.05) is 6.07 Å². The zero-order valence-corrected chi connectivity index (χ0v) is 10.3.